The lowest BCUT2D eigenvalue weighted by Gasteiger charge is -2.33. The van der Waals surface area contributed by atoms with E-state index in [0.29, 0.717) is 5.69 Å². The molecule has 1 unspecified atom stereocenters. The van der Waals surface area contributed by atoms with E-state index in [2.05, 4.69) is 6.07 Å². The van der Waals surface area contributed by atoms with Crippen molar-refractivity contribution >= 4 is 40.5 Å². The Morgan fingerprint density at radius 3 is 2.29 bits per heavy atom. The topological polar surface area (TPSA) is 3.24 Å². The Morgan fingerprint density at radius 2 is 1.75 bits per heavy atom. The molecule has 127 valence electrons. The van der Waals surface area contributed by atoms with Gasteiger partial charge >= 0.3 is 6.18 Å². The molecule has 2 aromatic rings. The fourth-order valence-electron chi connectivity index (χ4n) is 3.06. The van der Waals surface area contributed by atoms with Gasteiger partial charge in [-0.05, 0) is 30.2 Å². The van der Waals surface area contributed by atoms with Gasteiger partial charge < -0.3 is 4.90 Å². The Labute approximate surface area is 152 Å². The molecular weight excluding hydrogens is 382 g/mol. The van der Waals surface area contributed by atoms with Crippen molar-refractivity contribution in [3.63, 3.8) is 0 Å². The van der Waals surface area contributed by atoms with Crippen LogP contribution in [0.25, 0.3) is 0 Å². The van der Waals surface area contributed by atoms with Crippen LogP contribution in [0.4, 0.5) is 18.9 Å². The summed E-state index contributed by atoms with van der Waals surface area (Å²) < 4.78 is 42.0. The minimum atomic E-state index is -4.45. The molecule has 3 rings (SSSR count). The summed E-state index contributed by atoms with van der Waals surface area (Å²) in [7, 11) is 0. The van der Waals surface area contributed by atoms with Gasteiger partial charge in [0.15, 0.2) is 0 Å². The number of anilines is 1. The van der Waals surface area contributed by atoms with Crippen LogP contribution in [0.15, 0.2) is 36.4 Å². The summed E-state index contributed by atoms with van der Waals surface area (Å²) in [4.78, 5) is 1.67. The number of para-hydroxylation sites is 1. The maximum Gasteiger partial charge on any atom is 0.400 e. The van der Waals surface area contributed by atoms with Crippen molar-refractivity contribution in [2.45, 2.75) is 18.0 Å². The Bertz CT molecular complexity index is 725. The van der Waals surface area contributed by atoms with E-state index < -0.39 is 11.6 Å². The highest BCUT2D eigenvalue weighted by molar-refractivity contribution is 6.48. The number of nitrogens with zero attached hydrogens (tertiary/aromatic N) is 1. The third-order valence-corrected chi connectivity index (χ3v) is 5.58. The Hall–Kier alpha value is -1.10. The largest absolute Gasteiger partial charge is 0.400 e. The van der Waals surface area contributed by atoms with E-state index in [0.717, 1.165) is 0 Å². The summed E-state index contributed by atoms with van der Waals surface area (Å²) in [6.07, 6.45) is -4.54. The van der Waals surface area contributed by atoms with E-state index >= 15 is 0 Å². The molecule has 0 aliphatic carbocycles. The molecule has 1 nitrogen and oxygen atoms in total. The first-order valence-corrected chi connectivity index (χ1v) is 8.31. The van der Waals surface area contributed by atoms with E-state index in [-0.39, 0.29) is 40.1 Å². The van der Waals surface area contributed by atoms with Crippen LogP contribution in [0.2, 0.25) is 15.1 Å². The molecular formula is C17H12Cl3F3N. The number of halogens is 6. The van der Waals surface area contributed by atoms with Crippen molar-refractivity contribution in [3.05, 3.63) is 63.1 Å². The molecule has 0 bridgehead atoms. The average Bonchev–Trinajstić information content (AvgIpc) is 2.99. The van der Waals surface area contributed by atoms with Gasteiger partial charge in [0, 0.05) is 24.8 Å². The van der Waals surface area contributed by atoms with Crippen molar-refractivity contribution in [3.8, 4) is 0 Å². The molecule has 0 aromatic heterocycles. The summed E-state index contributed by atoms with van der Waals surface area (Å²) in [6, 6.07) is 12.5. The quantitative estimate of drug-likeness (QED) is 0.553. The summed E-state index contributed by atoms with van der Waals surface area (Å²) in [5.74, 6) is 0. The van der Waals surface area contributed by atoms with E-state index in [9.17, 15) is 13.2 Å². The number of hydrogen-bond donors (Lipinski definition) is 0. The molecule has 0 saturated carbocycles. The molecule has 0 N–H and O–H groups in total. The Kier molecular flexibility index (Phi) is 4.67. The van der Waals surface area contributed by atoms with Gasteiger partial charge in [-0.15, -0.1) is 0 Å². The number of benzene rings is 2. The van der Waals surface area contributed by atoms with E-state index in [1.54, 1.807) is 29.2 Å². The molecule has 0 amide bonds. The summed E-state index contributed by atoms with van der Waals surface area (Å²) >= 11 is 17.8. The molecule has 1 heterocycles. The molecule has 1 saturated heterocycles. The van der Waals surface area contributed by atoms with Crippen molar-refractivity contribution < 1.29 is 13.2 Å². The van der Waals surface area contributed by atoms with E-state index in [1.807, 2.05) is 0 Å². The maximum absolute atomic E-state index is 14.0. The predicted molar refractivity (Wildman–Crippen MR) is 91.3 cm³/mol. The molecule has 1 fully saturated rings. The Balaban J connectivity index is 2.06. The van der Waals surface area contributed by atoms with Gasteiger partial charge in [-0.25, -0.2) is 0 Å². The highest BCUT2D eigenvalue weighted by Crippen LogP contribution is 2.50. The van der Waals surface area contributed by atoms with Gasteiger partial charge in [0.25, 0.3) is 0 Å². The first-order valence-electron chi connectivity index (χ1n) is 7.18. The molecule has 24 heavy (non-hydrogen) atoms. The van der Waals surface area contributed by atoms with Crippen LogP contribution >= 0.6 is 34.8 Å². The van der Waals surface area contributed by atoms with Gasteiger partial charge in [0.05, 0.1) is 15.1 Å². The summed E-state index contributed by atoms with van der Waals surface area (Å²) in [5.41, 5.74) is -1.38. The minimum absolute atomic E-state index is 0.0208. The van der Waals surface area contributed by atoms with Crippen LogP contribution < -0.4 is 4.90 Å². The number of rotatable bonds is 2. The zero-order valence-electron chi connectivity index (χ0n) is 12.3. The molecule has 1 aliphatic rings. The second kappa shape index (κ2) is 6.32. The first-order chi connectivity index (χ1) is 11.2. The van der Waals surface area contributed by atoms with Crippen LogP contribution in [0.5, 0.6) is 0 Å². The predicted octanol–water partition coefficient (Wildman–Crippen LogP) is 6.16. The van der Waals surface area contributed by atoms with Crippen molar-refractivity contribution in [1.29, 1.82) is 0 Å². The third kappa shape index (κ3) is 2.96. The average molecular weight is 394 g/mol. The summed E-state index contributed by atoms with van der Waals surface area (Å²) in [5, 5.41) is 0.102. The van der Waals surface area contributed by atoms with Gasteiger partial charge in [0.1, 0.15) is 5.41 Å². The molecule has 1 radical (unpaired) electrons. The molecule has 0 spiro atoms. The normalized spacial score (nSPS) is 21.3. The van der Waals surface area contributed by atoms with Crippen LogP contribution in [0.1, 0.15) is 12.0 Å². The number of alkyl halides is 3. The highest BCUT2D eigenvalue weighted by atomic mass is 35.5. The van der Waals surface area contributed by atoms with Gasteiger partial charge in [-0.2, -0.15) is 13.2 Å². The minimum Gasteiger partial charge on any atom is -0.370 e. The van der Waals surface area contributed by atoms with Crippen LogP contribution in [-0.4, -0.2) is 19.3 Å². The zero-order valence-corrected chi connectivity index (χ0v) is 14.6. The second-order valence-electron chi connectivity index (χ2n) is 5.75. The van der Waals surface area contributed by atoms with E-state index in [4.69, 9.17) is 34.8 Å². The van der Waals surface area contributed by atoms with Crippen LogP contribution in [0.3, 0.4) is 0 Å². The zero-order chi connectivity index (χ0) is 17.5. The van der Waals surface area contributed by atoms with Gasteiger partial charge in [0.2, 0.25) is 0 Å². The maximum atomic E-state index is 14.0. The second-order valence-corrected chi connectivity index (χ2v) is 6.95. The molecule has 2 aromatic carbocycles. The fraction of sp³-hybridized carbons (Fsp3) is 0.294. The van der Waals surface area contributed by atoms with Crippen LogP contribution in [0, 0.1) is 6.07 Å². The molecule has 1 atom stereocenters. The standard InChI is InChI=1S/C17H12Cl3F3N/c18-13-8-11(9-14(19)15(13)20)16(17(21,22)23)6-7-24(10-16)12-4-2-1-3-5-12/h1-4,8-9H,6-7,10H2. The fourth-order valence-corrected chi connectivity index (χ4v) is 3.65. The van der Waals surface area contributed by atoms with Crippen LogP contribution in [-0.2, 0) is 5.41 Å². The smallest absolute Gasteiger partial charge is 0.370 e. The molecule has 7 heteroatoms. The highest BCUT2D eigenvalue weighted by Gasteiger charge is 2.59. The number of hydrogen-bond acceptors (Lipinski definition) is 1. The van der Waals surface area contributed by atoms with Crippen molar-refractivity contribution in [1.82, 2.24) is 0 Å². The van der Waals surface area contributed by atoms with Crippen molar-refractivity contribution in [2.24, 2.45) is 0 Å². The van der Waals surface area contributed by atoms with E-state index in [1.165, 1.54) is 12.1 Å². The third-order valence-electron chi connectivity index (χ3n) is 4.38. The van der Waals surface area contributed by atoms with Gasteiger partial charge in [-0.3, -0.25) is 0 Å². The molecule has 1 aliphatic heterocycles. The lowest BCUT2D eigenvalue weighted by Crippen LogP contribution is -2.44. The monoisotopic (exact) mass is 392 g/mol. The van der Waals surface area contributed by atoms with Gasteiger partial charge in [-0.1, -0.05) is 53.0 Å². The lowest BCUT2D eigenvalue weighted by molar-refractivity contribution is -0.184. The SMILES string of the molecule is FC(F)(F)C1(c2cc(Cl)c(Cl)c(Cl)c2)CCN(c2[c]cccc2)C1. The lowest BCUT2D eigenvalue weighted by atomic mass is 9.79. The Morgan fingerprint density at radius 1 is 1.08 bits per heavy atom. The van der Waals surface area contributed by atoms with Crippen molar-refractivity contribution in [2.75, 3.05) is 18.0 Å². The first kappa shape index (κ1) is 17.7. The summed E-state index contributed by atoms with van der Waals surface area (Å²) in [6.45, 7) is 0.0448.